The molecule has 0 saturated heterocycles. The molecule has 3 fully saturated rings. The molecule has 0 aromatic heterocycles. The first kappa shape index (κ1) is 21.7. The van der Waals surface area contributed by atoms with Crippen molar-refractivity contribution in [2.45, 2.75) is 110 Å². The van der Waals surface area contributed by atoms with Crippen LogP contribution in [0.25, 0.3) is 0 Å². The van der Waals surface area contributed by atoms with Gasteiger partial charge >= 0.3 is 5.97 Å². The molecule has 3 rings (SSSR count). The minimum atomic E-state index is 0.0867. The molecule has 3 aliphatic carbocycles. The summed E-state index contributed by atoms with van der Waals surface area (Å²) in [6, 6.07) is 0. The van der Waals surface area contributed by atoms with Crippen LogP contribution in [0.1, 0.15) is 104 Å². The molecule has 2 heteroatoms. The molecular formula is C26H42O2. The van der Waals surface area contributed by atoms with Crippen molar-refractivity contribution in [1.29, 1.82) is 0 Å². The summed E-state index contributed by atoms with van der Waals surface area (Å²) in [5, 5.41) is 0. The SMILES string of the molecule is CCC1CCC(C#CC2CCC(OC(=O)C3CCC(CC)CC3)C(C)C2)CC1. The zero-order chi connectivity index (χ0) is 19.9. The van der Waals surface area contributed by atoms with E-state index in [0.29, 0.717) is 17.8 Å². The Labute approximate surface area is 173 Å². The number of ether oxygens (including phenoxy) is 1. The molecule has 0 aromatic carbocycles. The summed E-state index contributed by atoms with van der Waals surface area (Å²) >= 11 is 0. The zero-order valence-corrected chi connectivity index (χ0v) is 18.6. The molecule has 0 N–H and O–H groups in total. The smallest absolute Gasteiger partial charge is 0.309 e. The maximum absolute atomic E-state index is 12.6. The van der Waals surface area contributed by atoms with Gasteiger partial charge in [0.1, 0.15) is 6.10 Å². The van der Waals surface area contributed by atoms with E-state index in [9.17, 15) is 4.79 Å². The monoisotopic (exact) mass is 386 g/mol. The van der Waals surface area contributed by atoms with Gasteiger partial charge in [-0.1, -0.05) is 45.5 Å². The highest BCUT2D eigenvalue weighted by Gasteiger charge is 2.33. The Hall–Kier alpha value is -0.970. The van der Waals surface area contributed by atoms with E-state index in [-0.39, 0.29) is 18.0 Å². The molecule has 3 atom stereocenters. The minimum Gasteiger partial charge on any atom is -0.462 e. The van der Waals surface area contributed by atoms with E-state index in [4.69, 9.17) is 4.74 Å². The molecule has 0 amide bonds. The average molecular weight is 387 g/mol. The molecule has 0 aliphatic heterocycles. The zero-order valence-electron chi connectivity index (χ0n) is 18.6. The summed E-state index contributed by atoms with van der Waals surface area (Å²) in [5.74, 6) is 10.8. The van der Waals surface area contributed by atoms with Crippen molar-refractivity contribution in [3.05, 3.63) is 0 Å². The van der Waals surface area contributed by atoms with Crippen LogP contribution in [0.5, 0.6) is 0 Å². The summed E-state index contributed by atoms with van der Waals surface area (Å²) in [7, 11) is 0. The highest BCUT2D eigenvalue weighted by Crippen LogP contribution is 2.35. The van der Waals surface area contributed by atoms with E-state index < -0.39 is 0 Å². The number of rotatable bonds is 4. The summed E-state index contributed by atoms with van der Waals surface area (Å²) in [4.78, 5) is 12.6. The van der Waals surface area contributed by atoms with Gasteiger partial charge in [0, 0.05) is 11.8 Å². The predicted molar refractivity (Wildman–Crippen MR) is 116 cm³/mol. The van der Waals surface area contributed by atoms with Crippen molar-refractivity contribution in [2.75, 3.05) is 0 Å². The third-order valence-electron chi connectivity index (χ3n) is 8.03. The Morgan fingerprint density at radius 1 is 0.786 bits per heavy atom. The summed E-state index contributed by atoms with van der Waals surface area (Å²) in [6.45, 7) is 6.84. The van der Waals surface area contributed by atoms with Gasteiger partial charge in [0.05, 0.1) is 5.92 Å². The molecule has 158 valence electrons. The molecule has 0 spiro atoms. The van der Waals surface area contributed by atoms with Gasteiger partial charge in [-0.3, -0.25) is 4.79 Å². The average Bonchev–Trinajstić information content (AvgIpc) is 2.74. The Bertz CT molecular complexity index is 541. The van der Waals surface area contributed by atoms with Gasteiger partial charge in [0.25, 0.3) is 0 Å². The van der Waals surface area contributed by atoms with Crippen molar-refractivity contribution in [3.8, 4) is 11.8 Å². The van der Waals surface area contributed by atoms with Crippen LogP contribution in [0, 0.1) is 47.3 Å². The van der Waals surface area contributed by atoms with Gasteiger partial charge in [-0.05, 0) is 88.4 Å². The molecule has 0 heterocycles. The Balaban J connectivity index is 1.40. The maximum atomic E-state index is 12.6. The van der Waals surface area contributed by atoms with Gasteiger partial charge in [-0.25, -0.2) is 0 Å². The summed E-state index contributed by atoms with van der Waals surface area (Å²) in [6.07, 6.45) is 15.7. The van der Waals surface area contributed by atoms with Crippen molar-refractivity contribution in [2.24, 2.45) is 35.5 Å². The van der Waals surface area contributed by atoms with E-state index in [1.54, 1.807) is 0 Å². The van der Waals surface area contributed by atoms with Crippen molar-refractivity contribution >= 4 is 5.97 Å². The first-order valence-corrected chi connectivity index (χ1v) is 12.3. The van der Waals surface area contributed by atoms with Gasteiger partial charge in [-0.2, -0.15) is 0 Å². The largest absolute Gasteiger partial charge is 0.462 e. The highest BCUT2D eigenvalue weighted by molar-refractivity contribution is 5.72. The van der Waals surface area contributed by atoms with Crippen LogP contribution in [-0.4, -0.2) is 12.1 Å². The van der Waals surface area contributed by atoms with Gasteiger partial charge < -0.3 is 4.74 Å². The molecule has 2 nitrogen and oxygen atoms in total. The van der Waals surface area contributed by atoms with Gasteiger partial charge in [0.2, 0.25) is 0 Å². The first-order valence-electron chi connectivity index (χ1n) is 12.3. The molecule has 3 aliphatic rings. The summed E-state index contributed by atoms with van der Waals surface area (Å²) < 4.78 is 5.99. The third-order valence-corrected chi connectivity index (χ3v) is 8.03. The molecule has 3 unspecified atom stereocenters. The first-order chi connectivity index (χ1) is 13.6. The fourth-order valence-corrected chi connectivity index (χ4v) is 5.68. The second-order valence-electron chi connectivity index (χ2n) is 10.0. The van der Waals surface area contributed by atoms with Crippen molar-refractivity contribution < 1.29 is 9.53 Å². The van der Waals surface area contributed by atoms with E-state index in [2.05, 4.69) is 32.6 Å². The van der Waals surface area contributed by atoms with E-state index in [1.807, 2.05) is 0 Å². The van der Waals surface area contributed by atoms with Crippen LogP contribution in [-0.2, 0) is 9.53 Å². The Morgan fingerprint density at radius 3 is 1.89 bits per heavy atom. The number of esters is 1. The van der Waals surface area contributed by atoms with Crippen LogP contribution in [0.4, 0.5) is 0 Å². The highest BCUT2D eigenvalue weighted by atomic mass is 16.5. The van der Waals surface area contributed by atoms with Gasteiger partial charge in [-0.15, -0.1) is 0 Å². The quantitative estimate of drug-likeness (QED) is 0.393. The van der Waals surface area contributed by atoms with E-state index in [0.717, 1.165) is 43.9 Å². The van der Waals surface area contributed by atoms with Crippen LogP contribution in [0.2, 0.25) is 0 Å². The third kappa shape index (κ3) is 6.01. The van der Waals surface area contributed by atoms with E-state index in [1.165, 1.54) is 51.4 Å². The van der Waals surface area contributed by atoms with Crippen LogP contribution < -0.4 is 0 Å². The lowest BCUT2D eigenvalue weighted by Crippen LogP contribution is -2.34. The van der Waals surface area contributed by atoms with Crippen LogP contribution >= 0.6 is 0 Å². The maximum Gasteiger partial charge on any atom is 0.309 e. The summed E-state index contributed by atoms with van der Waals surface area (Å²) in [5.41, 5.74) is 0. The van der Waals surface area contributed by atoms with E-state index >= 15 is 0 Å². The fraction of sp³-hybridized carbons (Fsp3) is 0.885. The minimum absolute atomic E-state index is 0.0867. The number of carbonyl (C=O) groups excluding carboxylic acids is 1. The molecule has 0 aromatic rings. The fourth-order valence-electron chi connectivity index (χ4n) is 5.68. The normalized spacial score (nSPS) is 38.9. The lowest BCUT2D eigenvalue weighted by atomic mass is 9.78. The number of carbonyl (C=O) groups is 1. The molecule has 28 heavy (non-hydrogen) atoms. The van der Waals surface area contributed by atoms with Gasteiger partial charge in [0.15, 0.2) is 0 Å². The molecule has 0 radical (unpaired) electrons. The standard InChI is InChI=1S/C26H42O2/c1-4-20-6-8-22(9-7-20)10-11-23-14-17-25(19(3)18-23)28-26(27)24-15-12-21(5-2)13-16-24/h19-25H,4-9,12-18H2,1-3H3. The second kappa shape index (κ2) is 10.7. The lowest BCUT2D eigenvalue weighted by Gasteiger charge is -2.34. The van der Waals surface area contributed by atoms with Crippen molar-refractivity contribution in [1.82, 2.24) is 0 Å². The van der Waals surface area contributed by atoms with Crippen molar-refractivity contribution in [3.63, 3.8) is 0 Å². The lowest BCUT2D eigenvalue weighted by molar-refractivity contribution is -0.160. The Kier molecular flexibility index (Phi) is 8.31. The molecular weight excluding hydrogens is 344 g/mol. The molecule has 0 bridgehead atoms. The molecule has 3 saturated carbocycles. The number of hydrogen-bond donors (Lipinski definition) is 0. The Morgan fingerprint density at radius 2 is 1.32 bits per heavy atom. The second-order valence-corrected chi connectivity index (χ2v) is 10.0. The predicted octanol–water partition coefficient (Wildman–Crippen LogP) is 6.77. The van der Waals surface area contributed by atoms with Crippen LogP contribution in [0.15, 0.2) is 0 Å². The number of hydrogen-bond acceptors (Lipinski definition) is 2. The van der Waals surface area contributed by atoms with Crippen LogP contribution in [0.3, 0.4) is 0 Å². The topological polar surface area (TPSA) is 26.3 Å².